The highest BCUT2D eigenvalue weighted by Gasteiger charge is 2.11. The monoisotopic (exact) mass is 271 g/mol. The molecule has 0 aromatic heterocycles. The van der Waals surface area contributed by atoms with Gasteiger partial charge in [-0.3, -0.25) is 0 Å². The Morgan fingerprint density at radius 1 is 1.35 bits per heavy atom. The predicted molar refractivity (Wildman–Crippen MR) is 73.8 cm³/mol. The minimum absolute atomic E-state index is 0.310. The van der Waals surface area contributed by atoms with Gasteiger partial charge >= 0.3 is 0 Å². The standard InChI is InChI=1S/C12H17NO2S2/c1-11(2)10-16-9-8-13-17(14,15)12-6-4-3-5-7-12/h3-7,13H,1,8-10H2,2H3. The van der Waals surface area contributed by atoms with E-state index in [1.165, 1.54) is 0 Å². The molecule has 0 saturated heterocycles. The fourth-order valence-corrected chi connectivity index (χ4v) is 3.10. The van der Waals surface area contributed by atoms with Gasteiger partial charge in [-0.05, 0) is 19.1 Å². The lowest BCUT2D eigenvalue weighted by atomic mass is 10.4. The number of benzene rings is 1. The maximum absolute atomic E-state index is 11.8. The van der Waals surface area contributed by atoms with Crippen molar-refractivity contribution in [3.8, 4) is 0 Å². The zero-order valence-corrected chi connectivity index (χ0v) is 11.5. The summed E-state index contributed by atoms with van der Waals surface area (Å²) in [5.74, 6) is 1.62. The van der Waals surface area contributed by atoms with Gasteiger partial charge in [0.15, 0.2) is 0 Å². The molecule has 3 nitrogen and oxygen atoms in total. The Bertz CT molecular complexity index is 455. The summed E-state index contributed by atoms with van der Waals surface area (Å²) in [4.78, 5) is 0.310. The van der Waals surface area contributed by atoms with Crippen molar-refractivity contribution in [3.63, 3.8) is 0 Å². The summed E-state index contributed by atoms with van der Waals surface area (Å²) in [6.07, 6.45) is 0. The Balaban J connectivity index is 2.39. The highest BCUT2D eigenvalue weighted by Crippen LogP contribution is 2.08. The lowest BCUT2D eigenvalue weighted by molar-refractivity contribution is 0.584. The number of sulfonamides is 1. The lowest BCUT2D eigenvalue weighted by Crippen LogP contribution is -2.26. The normalized spacial score (nSPS) is 11.4. The second-order valence-corrected chi connectivity index (χ2v) is 6.59. The van der Waals surface area contributed by atoms with Gasteiger partial charge in [0.2, 0.25) is 10.0 Å². The Morgan fingerprint density at radius 3 is 2.59 bits per heavy atom. The molecule has 17 heavy (non-hydrogen) atoms. The molecule has 5 heteroatoms. The molecule has 0 unspecified atom stereocenters. The molecule has 0 saturated carbocycles. The van der Waals surface area contributed by atoms with Crippen molar-refractivity contribution in [1.82, 2.24) is 4.72 Å². The molecule has 0 aliphatic heterocycles. The van der Waals surface area contributed by atoms with E-state index in [4.69, 9.17) is 0 Å². The minimum Gasteiger partial charge on any atom is -0.210 e. The smallest absolute Gasteiger partial charge is 0.210 e. The molecule has 1 N–H and O–H groups in total. The lowest BCUT2D eigenvalue weighted by Gasteiger charge is -2.06. The third-order valence-electron chi connectivity index (χ3n) is 1.94. The zero-order valence-electron chi connectivity index (χ0n) is 9.85. The van der Waals surface area contributed by atoms with Gasteiger partial charge in [0.05, 0.1) is 4.90 Å². The maximum atomic E-state index is 11.8. The van der Waals surface area contributed by atoms with E-state index in [2.05, 4.69) is 11.3 Å². The van der Waals surface area contributed by atoms with Crippen LogP contribution in [0.3, 0.4) is 0 Å². The number of hydrogen-bond acceptors (Lipinski definition) is 3. The molecule has 0 radical (unpaired) electrons. The average Bonchev–Trinajstić information content (AvgIpc) is 2.29. The highest BCUT2D eigenvalue weighted by atomic mass is 32.2. The van der Waals surface area contributed by atoms with Gasteiger partial charge < -0.3 is 0 Å². The number of rotatable bonds is 7. The molecule has 0 amide bonds. The first-order valence-corrected chi connectivity index (χ1v) is 7.93. The molecule has 0 bridgehead atoms. The molecular weight excluding hydrogens is 254 g/mol. The molecule has 1 aromatic rings. The van der Waals surface area contributed by atoms with Crippen LogP contribution >= 0.6 is 11.8 Å². The van der Waals surface area contributed by atoms with Crippen LogP contribution in [0, 0.1) is 0 Å². The van der Waals surface area contributed by atoms with Crippen molar-refractivity contribution < 1.29 is 8.42 Å². The first-order chi connectivity index (χ1) is 8.02. The van der Waals surface area contributed by atoms with Crippen LogP contribution < -0.4 is 4.72 Å². The van der Waals surface area contributed by atoms with Crippen LogP contribution in [0.1, 0.15) is 6.92 Å². The average molecular weight is 271 g/mol. The summed E-state index contributed by atoms with van der Waals surface area (Å²) in [6, 6.07) is 8.39. The summed E-state index contributed by atoms with van der Waals surface area (Å²) in [5, 5.41) is 0. The number of hydrogen-bond donors (Lipinski definition) is 1. The van der Waals surface area contributed by atoms with Crippen LogP contribution in [0.25, 0.3) is 0 Å². The van der Waals surface area contributed by atoms with Gasteiger partial charge in [-0.15, -0.1) is 0 Å². The van der Waals surface area contributed by atoms with Crippen LogP contribution in [0.5, 0.6) is 0 Å². The largest absolute Gasteiger partial charge is 0.240 e. The van der Waals surface area contributed by atoms with Crippen molar-refractivity contribution in [2.75, 3.05) is 18.1 Å². The molecule has 0 fully saturated rings. The second kappa shape index (κ2) is 6.83. The molecule has 1 aromatic carbocycles. The molecule has 0 aliphatic rings. The van der Waals surface area contributed by atoms with Crippen molar-refractivity contribution in [2.24, 2.45) is 0 Å². The van der Waals surface area contributed by atoms with Gasteiger partial charge in [-0.1, -0.05) is 30.4 Å². The van der Waals surface area contributed by atoms with E-state index in [-0.39, 0.29) is 0 Å². The summed E-state index contributed by atoms with van der Waals surface area (Å²) < 4.78 is 26.2. The quantitative estimate of drug-likeness (QED) is 0.611. The van der Waals surface area contributed by atoms with E-state index in [0.29, 0.717) is 11.4 Å². The van der Waals surface area contributed by atoms with Gasteiger partial charge in [0.1, 0.15) is 0 Å². The second-order valence-electron chi connectivity index (χ2n) is 3.72. The summed E-state index contributed by atoms with van der Waals surface area (Å²) in [7, 11) is -3.35. The third-order valence-corrected chi connectivity index (χ3v) is 4.61. The Morgan fingerprint density at radius 2 is 2.00 bits per heavy atom. The molecular formula is C12H17NO2S2. The summed E-state index contributed by atoms with van der Waals surface area (Å²) in [6.45, 7) is 6.19. The van der Waals surface area contributed by atoms with E-state index in [9.17, 15) is 8.42 Å². The van der Waals surface area contributed by atoms with Gasteiger partial charge in [-0.2, -0.15) is 11.8 Å². The van der Waals surface area contributed by atoms with Crippen molar-refractivity contribution in [2.45, 2.75) is 11.8 Å². The van der Waals surface area contributed by atoms with Crippen LogP contribution in [0.15, 0.2) is 47.4 Å². The van der Waals surface area contributed by atoms with E-state index in [0.717, 1.165) is 17.1 Å². The topological polar surface area (TPSA) is 46.2 Å². The zero-order chi connectivity index (χ0) is 12.7. The van der Waals surface area contributed by atoms with Crippen molar-refractivity contribution in [3.05, 3.63) is 42.5 Å². The van der Waals surface area contributed by atoms with Crippen LogP contribution in [0.2, 0.25) is 0 Å². The fraction of sp³-hybridized carbons (Fsp3) is 0.333. The van der Waals surface area contributed by atoms with Crippen molar-refractivity contribution >= 4 is 21.8 Å². The minimum atomic E-state index is -3.35. The maximum Gasteiger partial charge on any atom is 0.240 e. The molecule has 0 atom stereocenters. The predicted octanol–water partition coefficient (Wildman–Crippen LogP) is 2.27. The van der Waals surface area contributed by atoms with Crippen LogP contribution in [-0.4, -0.2) is 26.5 Å². The van der Waals surface area contributed by atoms with Gasteiger partial charge in [-0.25, -0.2) is 13.1 Å². The molecule has 0 spiro atoms. The van der Waals surface area contributed by atoms with E-state index in [1.807, 2.05) is 6.92 Å². The molecule has 94 valence electrons. The molecule has 0 heterocycles. The first-order valence-electron chi connectivity index (χ1n) is 5.29. The summed E-state index contributed by atoms with van der Waals surface area (Å²) in [5.41, 5.74) is 1.10. The summed E-state index contributed by atoms with van der Waals surface area (Å²) >= 11 is 1.67. The third kappa shape index (κ3) is 5.39. The first kappa shape index (κ1) is 14.3. The van der Waals surface area contributed by atoms with Crippen LogP contribution in [0.4, 0.5) is 0 Å². The Hall–Kier alpha value is -0.780. The fourth-order valence-electron chi connectivity index (χ4n) is 1.18. The Labute approximate surface area is 107 Å². The molecule has 1 rings (SSSR count). The van der Waals surface area contributed by atoms with E-state index < -0.39 is 10.0 Å². The van der Waals surface area contributed by atoms with E-state index >= 15 is 0 Å². The number of nitrogens with one attached hydrogen (secondary N) is 1. The van der Waals surface area contributed by atoms with Crippen LogP contribution in [-0.2, 0) is 10.0 Å². The molecule has 0 aliphatic carbocycles. The highest BCUT2D eigenvalue weighted by molar-refractivity contribution is 7.99. The van der Waals surface area contributed by atoms with E-state index in [1.54, 1.807) is 42.1 Å². The Kier molecular flexibility index (Phi) is 5.74. The SMILES string of the molecule is C=C(C)CSCCNS(=O)(=O)c1ccccc1. The number of thioether (sulfide) groups is 1. The van der Waals surface area contributed by atoms with Gasteiger partial charge in [0, 0.05) is 18.1 Å². The van der Waals surface area contributed by atoms with Crippen molar-refractivity contribution in [1.29, 1.82) is 0 Å². The van der Waals surface area contributed by atoms with Gasteiger partial charge in [0.25, 0.3) is 0 Å².